The van der Waals surface area contributed by atoms with Gasteiger partial charge in [0.2, 0.25) is 5.91 Å². The lowest BCUT2D eigenvalue weighted by molar-refractivity contribution is -0.137. The third kappa shape index (κ3) is 6.03. The second kappa shape index (κ2) is 6.76. The molecule has 1 aliphatic rings. The van der Waals surface area contributed by atoms with Crippen molar-refractivity contribution in [3.05, 3.63) is 0 Å². The van der Waals surface area contributed by atoms with Crippen LogP contribution < -0.4 is 5.32 Å². The highest BCUT2D eigenvalue weighted by Crippen LogP contribution is 2.29. The van der Waals surface area contributed by atoms with E-state index in [1.54, 1.807) is 0 Å². The molecule has 1 rings (SSSR count). The Balaban J connectivity index is 2.10. The molecule has 18 heavy (non-hydrogen) atoms. The van der Waals surface area contributed by atoms with Crippen LogP contribution in [-0.4, -0.2) is 23.5 Å². The van der Waals surface area contributed by atoms with Gasteiger partial charge in [0.05, 0.1) is 0 Å². The van der Waals surface area contributed by atoms with Crippen LogP contribution in [0.4, 0.5) is 0 Å². The van der Waals surface area contributed by atoms with Crippen LogP contribution in [0.3, 0.4) is 0 Å². The molecule has 104 valence electrons. The van der Waals surface area contributed by atoms with Gasteiger partial charge in [-0.1, -0.05) is 20.3 Å². The minimum atomic E-state index is -0.753. The average molecular weight is 255 g/mol. The van der Waals surface area contributed by atoms with E-state index in [0.29, 0.717) is 25.3 Å². The second-order valence-electron chi connectivity index (χ2n) is 6.16. The predicted molar refractivity (Wildman–Crippen MR) is 70.2 cm³/mol. The van der Waals surface area contributed by atoms with Gasteiger partial charge in [0.1, 0.15) is 0 Å². The Kier molecular flexibility index (Phi) is 5.63. The molecule has 1 saturated carbocycles. The van der Waals surface area contributed by atoms with Gasteiger partial charge in [0.15, 0.2) is 0 Å². The first-order chi connectivity index (χ1) is 8.39. The standard InChI is InChI=1S/C14H25NO3/c1-14(2,7-6-13(17)18)8-9-15-12(16)10-11-4-3-5-11/h11H,3-10H2,1-2H3,(H,15,16)(H,17,18). The van der Waals surface area contributed by atoms with Gasteiger partial charge in [-0.2, -0.15) is 0 Å². The Morgan fingerprint density at radius 3 is 2.44 bits per heavy atom. The number of carbonyl (C=O) groups excluding carboxylic acids is 1. The van der Waals surface area contributed by atoms with Gasteiger partial charge >= 0.3 is 5.97 Å². The molecular formula is C14H25NO3. The molecule has 0 spiro atoms. The summed E-state index contributed by atoms with van der Waals surface area (Å²) in [6.07, 6.45) is 5.99. The molecular weight excluding hydrogens is 230 g/mol. The van der Waals surface area contributed by atoms with Crippen LogP contribution in [-0.2, 0) is 9.59 Å². The normalized spacial score (nSPS) is 16.1. The average Bonchev–Trinajstić information content (AvgIpc) is 2.21. The Hall–Kier alpha value is -1.06. The van der Waals surface area contributed by atoms with E-state index in [9.17, 15) is 9.59 Å². The Morgan fingerprint density at radius 1 is 1.28 bits per heavy atom. The SMILES string of the molecule is CC(C)(CCNC(=O)CC1CCC1)CCC(=O)O. The summed E-state index contributed by atoms with van der Waals surface area (Å²) in [5.41, 5.74) is -0.0257. The summed E-state index contributed by atoms with van der Waals surface area (Å²) in [6, 6.07) is 0. The fraction of sp³-hybridized carbons (Fsp3) is 0.857. The molecule has 0 aromatic heterocycles. The van der Waals surface area contributed by atoms with Crippen LogP contribution in [0.15, 0.2) is 0 Å². The molecule has 1 fully saturated rings. The van der Waals surface area contributed by atoms with Crippen LogP contribution in [0.1, 0.15) is 58.8 Å². The van der Waals surface area contributed by atoms with Crippen LogP contribution in [0, 0.1) is 11.3 Å². The molecule has 0 aliphatic heterocycles. The Labute approximate surface area is 109 Å². The molecule has 1 amide bonds. The summed E-state index contributed by atoms with van der Waals surface area (Å²) < 4.78 is 0. The van der Waals surface area contributed by atoms with Crippen molar-refractivity contribution in [3.63, 3.8) is 0 Å². The molecule has 0 saturated heterocycles. The largest absolute Gasteiger partial charge is 0.481 e. The van der Waals surface area contributed by atoms with Crippen molar-refractivity contribution in [1.82, 2.24) is 5.32 Å². The van der Waals surface area contributed by atoms with E-state index in [2.05, 4.69) is 5.32 Å². The minimum absolute atomic E-state index is 0.0257. The van der Waals surface area contributed by atoms with Crippen molar-refractivity contribution < 1.29 is 14.7 Å². The molecule has 0 radical (unpaired) electrons. The van der Waals surface area contributed by atoms with Gasteiger partial charge in [-0.05, 0) is 37.0 Å². The fourth-order valence-electron chi connectivity index (χ4n) is 2.14. The van der Waals surface area contributed by atoms with Gasteiger partial charge in [-0.25, -0.2) is 0 Å². The molecule has 2 N–H and O–H groups in total. The predicted octanol–water partition coefficient (Wildman–Crippen LogP) is 2.57. The van der Waals surface area contributed by atoms with E-state index in [4.69, 9.17) is 5.11 Å². The maximum Gasteiger partial charge on any atom is 0.303 e. The van der Waals surface area contributed by atoms with Crippen LogP contribution in [0.5, 0.6) is 0 Å². The van der Waals surface area contributed by atoms with E-state index in [-0.39, 0.29) is 17.7 Å². The van der Waals surface area contributed by atoms with Crippen LogP contribution >= 0.6 is 0 Å². The number of carboxylic acid groups (broad SMARTS) is 1. The lowest BCUT2D eigenvalue weighted by Gasteiger charge is -2.26. The third-order valence-corrected chi connectivity index (χ3v) is 3.84. The molecule has 4 nitrogen and oxygen atoms in total. The van der Waals surface area contributed by atoms with Crippen molar-refractivity contribution in [2.24, 2.45) is 11.3 Å². The van der Waals surface area contributed by atoms with Gasteiger partial charge in [-0.3, -0.25) is 9.59 Å². The summed E-state index contributed by atoms with van der Waals surface area (Å²) in [6.45, 7) is 4.75. The number of carbonyl (C=O) groups is 2. The monoisotopic (exact) mass is 255 g/mol. The van der Waals surface area contributed by atoms with E-state index in [1.807, 2.05) is 13.8 Å². The zero-order valence-electron chi connectivity index (χ0n) is 11.5. The molecule has 0 bridgehead atoms. The number of amides is 1. The van der Waals surface area contributed by atoms with Crippen molar-refractivity contribution >= 4 is 11.9 Å². The summed E-state index contributed by atoms with van der Waals surface area (Å²) in [5, 5.41) is 11.6. The molecule has 1 aliphatic carbocycles. The fourth-order valence-corrected chi connectivity index (χ4v) is 2.14. The van der Waals surface area contributed by atoms with Crippen molar-refractivity contribution in [1.29, 1.82) is 0 Å². The molecule has 0 unspecified atom stereocenters. The quantitative estimate of drug-likeness (QED) is 0.700. The highest BCUT2D eigenvalue weighted by molar-refractivity contribution is 5.76. The summed E-state index contributed by atoms with van der Waals surface area (Å²) >= 11 is 0. The van der Waals surface area contributed by atoms with Gasteiger partial charge < -0.3 is 10.4 Å². The molecule has 4 heteroatoms. The molecule has 0 aromatic carbocycles. The van der Waals surface area contributed by atoms with Crippen LogP contribution in [0.2, 0.25) is 0 Å². The van der Waals surface area contributed by atoms with Gasteiger partial charge in [0, 0.05) is 19.4 Å². The number of nitrogens with one attached hydrogen (secondary N) is 1. The molecule has 0 atom stereocenters. The second-order valence-corrected chi connectivity index (χ2v) is 6.16. The number of hydrogen-bond donors (Lipinski definition) is 2. The lowest BCUT2D eigenvalue weighted by Crippen LogP contribution is -2.31. The zero-order valence-corrected chi connectivity index (χ0v) is 11.5. The smallest absolute Gasteiger partial charge is 0.303 e. The van der Waals surface area contributed by atoms with E-state index < -0.39 is 5.97 Å². The van der Waals surface area contributed by atoms with E-state index in [1.165, 1.54) is 19.3 Å². The summed E-state index contributed by atoms with van der Waals surface area (Å²) in [7, 11) is 0. The lowest BCUT2D eigenvalue weighted by atomic mass is 9.82. The maximum absolute atomic E-state index is 11.6. The summed E-state index contributed by atoms with van der Waals surface area (Å²) in [5.74, 6) is -0.00384. The van der Waals surface area contributed by atoms with Crippen LogP contribution in [0.25, 0.3) is 0 Å². The third-order valence-electron chi connectivity index (χ3n) is 3.84. The number of hydrogen-bond acceptors (Lipinski definition) is 2. The van der Waals surface area contributed by atoms with Gasteiger partial charge in [-0.15, -0.1) is 0 Å². The van der Waals surface area contributed by atoms with Crippen molar-refractivity contribution in [3.8, 4) is 0 Å². The van der Waals surface area contributed by atoms with Crippen molar-refractivity contribution in [2.45, 2.75) is 58.8 Å². The van der Waals surface area contributed by atoms with Gasteiger partial charge in [0.25, 0.3) is 0 Å². The minimum Gasteiger partial charge on any atom is -0.481 e. The maximum atomic E-state index is 11.6. The number of rotatable bonds is 8. The topological polar surface area (TPSA) is 66.4 Å². The van der Waals surface area contributed by atoms with E-state index in [0.717, 1.165) is 6.42 Å². The zero-order chi connectivity index (χ0) is 13.6. The summed E-state index contributed by atoms with van der Waals surface area (Å²) in [4.78, 5) is 22.1. The first-order valence-electron chi connectivity index (χ1n) is 6.87. The first kappa shape index (κ1) is 15.0. The first-order valence-corrected chi connectivity index (χ1v) is 6.87. The highest BCUT2D eigenvalue weighted by Gasteiger charge is 2.22. The van der Waals surface area contributed by atoms with Crippen molar-refractivity contribution in [2.75, 3.05) is 6.54 Å². The molecule has 0 aromatic rings. The number of aliphatic carboxylic acids is 1. The highest BCUT2D eigenvalue weighted by atomic mass is 16.4. The Morgan fingerprint density at radius 2 is 1.94 bits per heavy atom. The number of carboxylic acids is 1. The Bertz CT molecular complexity index is 295. The molecule has 0 heterocycles. The van der Waals surface area contributed by atoms with E-state index >= 15 is 0 Å².